The zero-order chi connectivity index (χ0) is 16.8. The molecule has 0 aromatic heterocycles. The van der Waals surface area contributed by atoms with Crippen LogP contribution in [0.5, 0.6) is 5.75 Å². The molecule has 0 aliphatic carbocycles. The third kappa shape index (κ3) is 4.62. The zero-order valence-corrected chi connectivity index (χ0v) is 13.3. The van der Waals surface area contributed by atoms with Crippen molar-refractivity contribution in [2.75, 3.05) is 11.9 Å². The predicted octanol–water partition coefficient (Wildman–Crippen LogP) is 2.49. The van der Waals surface area contributed by atoms with Gasteiger partial charge in [-0.3, -0.25) is 19.9 Å². The Hall–Kier alpha value is -2.74. The first-order valence-electron chi connectivity index (χ1n) is 6.47. The lowest BCUT2D eigenvalue weighted by molar-refractivity contribution is -0.385. The van der Waals surface area contributed by atoms with E-state index in [0.29, 0.717) is 5.69 Å². The van der Waals surface area contributed by atoms with Crippen LogP contribution in [-0.4, -0.2) is 23.6 Å². The molecule has 1 N–H and O–H groups in total. The summed E-state index contributed by atoms with van der Waals surface area (Å²) in [6.07, 6.45) is 1.16. The minimum Gasteiger partial charge on any atom is -0.872 e. The van der Waals surface area contributed by atoms with Gasteiger partial charge in [-0.25, -0.2) is 0 Å². The molecule has 2 aromatic carbocycles. The van der Waals surface area contributed by atoms with Crippen molar-refractivity contribution in [3.63, 3.8) is 0 Å². The molecule has 0 atom stereocenters. The molecule has 2 aromatic rings. The Labute approximate surface area is 140 Å². The Morgan fingerprint density at radius 1 is 1.30 bits per heavy atom. The van der Waals surface area contributed by atoms with Crippen LogP contribution >= 0.6 is 15.9 Å². The van der Waals surface area contributed by atoms with Crippen LogP contribution in [0.25, 0.3) is 0 Å². The first-order valence-corrected chi connectivity index (χ1v) is 7.26. The highest BCUT2D eigenvalue weighted by Crippen LogP contribution is 2.21. The number of nitrogens with one attached hydrogen (secondary N) is 1. The average Bonchev–Trinajstić information content (AvgIpc) is 2.51. The lowest BCUT2D eigenvalue weighted by Crippen LogP contribution is -2.15. The number of aliphatic imine (C=N–C) groups is 1. The zero-order valence-electron chi connectivity index (χ0n) is 11.7. The largest absolute Gasteiger partial charge is 0.872 e. The molecule has 0 spiro atoms. The fourth-order valence-electron chi connectivity index (χ4n) is 1.73. The third-order valence-corrected chi connectivity index (χ3v) is 3.51. The van der Waals surface area contributed by atoms with E-state index in [-0.39, 0.29) is 23.7 Å². The number of benzene rings is 2. The van der Waals surface area contributed by atoms with Gasteiger partial charge in [0.25, 0.3) is 5.69 Å². The van der Waals surface area contributed by atoms with Gasteiger partial charge in [-0.2, -0.15) is 0 Å². The van der Waals surface area contributed by atoms with Crippen LogP contribution in [0.1, 0.15) is 5.56 Å². The monoisotopic (exact) mass is 376 g/mol. The summed E-state index contributed by atoms with van der Waals surface area (Å²) in [6, 6.07) is 10.4. The van der Waals surface area contributed by atoms with Gasteiger partial charge >= 0.3 is 0 Å². The number of anilines is 1. The maximum absolute atomic E-state index is 11.8. The van der Waals surface area contributed by atoms with E-state index in [1.807, 2.05) is 6.07 Å². The molecule has 0 bridgehead atoms. The van der Waals surface area contributed by atoms with Gasteiger partial charge in [0.05, 0.1) is 10.6 Å². The number of nitro benzene ring substituents is 1. The Kier molecular flexibility index (Phi) is 5.42. The molecular weight excluding hydrogens is 366 g/mol. The Bertz CT molecular complexity index is 777. The lowest BCUT2D eigenvalue weighted by Gasteiger charge is -2.08. The lowest BCUT2D eigenvalue weighted by atomic mass is 10.2. The number of para-hydroxylation sites is 1. The normalized spacial score (nSPS) is 10.7. The van der Waals surface area contributed by atoms with E-state index in [4.69, 9.17) is 0 Å². The first-order chi connectivity index (χ1) is 11.0. The fraction of sp³-hybridized carbons (Fsp3) is 0.0667. The highest BCUT2D eigenvalue weighted by atomic mass is 79.9. The van der Waals surface area contributed by atoms with Gasteiger partial charge in [-0.1, -0.05) is 23.9 Å². The number of rotatable bonds is 5. The van der Waals surface area contributed by atoms with Crippen molar-refractivity contribution in [1.82, 2.24) is 0 Å². The van der Waals surface area contributed by atoms with Crippen LogP contribution in [0.2, 0.25) is 0 Å². The number of hydrogen-bond donors (Lipinski definition) is 1. The molecule has 2 rings (SSSR count). The van der Waals surface area contributed by atoms with Crippen molar-refractivity contribution in [3.05, 3.63) is 62.6 Å². The standard InChI is InChI=1S/C15H12BrN3O4/c16-12-3-1-2-4-13(12)18-15(21)9-17-8-10-7-11(19(22)23)5-6-14(10)20/h1-8,20H,9H2,(H,18,21)/p-1. The molecule has 23 heavy (non-hydrogen) atoms. The fourth-order valence-corrected chi connectivity index (χ4v) is 2.11. The van der Waals surface area contributed by atoms with Crippen molar-refractivity contribution in [2.45, 2.75) is 0 Å². The summed E-state index contributed by atoms with van der Waals surface area (Å²) in [4.78, 5) is 25.7. The summed E-state index contributed by atoms with van der Waals surface area (Å²) in [5, 5.41) is 24.9. The summed E-state index contributed by atoms with van der Waals surface area (Å²) in [7, 11) is 0. The van der Waals surface area contributed by atoms with Gasteiger partial charge in [-0.05, 0) is 33.6 Å². The minimum atomic E-state index is -0.601. The number of carbonyl (C=O) groups excluding carboxylic acids is 1. The summed E-state index contributed by atoms with van der Waals surface area (Å²) in [5.74, 6) is -0.767. The van der Waals surface area contributed by atoms with Crippen LogP contribution in [-0.2, 0) is 4.79 Å². The number of hydrogen-bond acceptors (Lipinski definition) is 5. The number of amides is 1. The van der Waals surface area contributed by atoms with Gasteiger partial charge in [0.1, 0.15) is 6.54 Å². The molecule has 0 radical (unpaired) electrons. The maximum atomic E-state index is 11.8. The minimum absolute atomic E-state index is 0.0629. The van der Waals surface area contributed by atoms with Gasteiger partial charge in [-0.15, -0.1) is 0 Å². The van der Waals surface area contributed by atoms with Crippen molar-refractivity contribution in [3.8, 4) is 5.75 Å². The van der Waals surface area contributed by atoms with E-state index in [2.05, 4.69) is 26.2 Å². The molecule has 1 amide bonds. The van der Waals surface area contributed by atoms with Gasteiger partial charge in [0, 0.05) is 22.8 Å². The van der Waals surface area contributed by atoms with Crippen molar-refractivity contribution < 1.29 is 14.8 Å². The number of halogens is 1. The SMILES string of the molecule is O=C(CN=Cc1cc([N+](=O)[O-])ccc1[O-])Nc1ccccc1Br. The molecule has 7 nitrogen and oxygen atoms in total. The van der Waals surface area contributed by atoms with Crippen LogP contribution in [0.4, 0.5) is 11.4 Å². The molecular formula is C15H11BrN3O4-. The van der Waals surface area contributed by atoms with Crippen LogP contribution in [0, 0.1) is 10.1 Å². The second kappa shape index (κ2) is 7.50. The quantitative estimate of drug-likeness (QED) is 0.491. The predicted molar refractivity (Wildman–Crippen MR) is 87.8 cm³/mol. The molecule has 0 aliphatic heterocycles. The Morgan fingerprint density at radius 3 is 2.74 bits per heavy atom. The molecule has 0 heterocycles. The van der Waals surface area contributed by atoms with Crippen molar-refractivity contribution >= 4 is 39.4 Å². The second-order valence-corrected chi connectivity index (χ2v) is 5.33. The molecule has 0 unspecified atom stereocenters. The van der Waals surface area contributed by atoms with Gasteiger partial charge < -0.3 is 10.4 Å². The van der Waals surface area contributed by atoms with Gasteiger partial charge in [0.2, 0.25) is 5.91 Å². The van der Waals surface area contributed by atoms with E-state index in [1.54, 1.807) is 18.2 Å². The smallest absolute Gasteiger partial charge is 0.270 e. The van der Waals surface area contributed by atoms with Crippen molar-refractivity contribution in [2.24, 2.45) is 4.99 Å². The van der Waals surface area contributed by atoms with Crippen LogP contribution in [0.15, 0.2) is 51.9 Å². The molecule has 0 aliphatic rings. The molecule has 118 valence electrons. The average molecular weight is 377 g/mol. The summed E-state index contributed by atoms with van der Waals surface area (Å²) < 4.78 is 0.734. The van der Waals surface area contributed by atoms with Crippen LogP contribution in [0.3, 0.4) is 0 Å². The van der Waals surface area contributed by atoms with E-state index in [0.717, 1.165) is 28.9 Å². The topological polar surface area (TPSA) is 108 Å². The number of non-ortho nitro benzene ring substituents is 1. The van der Waals surface area contributed by atoms with Gasteiger partial charge in [0.15, 0.2) is 0 Å². The first kappa shape index (κ1) is 16.6. The number of nitro groups is 1. The highest BCUT2D eigenvalue weighted by molar-refractivity contribution is 9.10. The Morgan fingerprint density at radius 2 is 2.04 bits per heavy atom. The van der Waals surface area contributed by atoms with Crippen molar-refractivity contribution in [1.29, 1.82) is 0 Å². The molecule has 0 saturated heterocycles. The number of nitrogens with zero attached hydrogens (tertiary/aromatic N) is 2. The highest BCUT2D eigenvalue weighted by Gasteiger charge is 2.06. The summed E-state index contributed by atoms with van der Waals surface area (Å²) in [5.41, 5.74) is 0.462. The summed E-state index contributed by atoms with van der Waals surface area (Å²) in [6.45, 7) is -0.205. The number of carbonyl (C=O) groups is 1. The second-order valence-electron chi connectivity index (χ2n) is 4.48. The van der Waals surface area contributed by atoms with Crippen LogP contribution < -0.4 is 10.4 Å². The van der Waals surface area contributed by atoms with E-state index < -0.39 is 10.7 Å². The molecule has 0 saturated carbocycles. The van der Waals surface area contributed by atoms with E-state index >= 15 is 0 Å². The molecule has 8 heteroatoms. The Balaban J connectivity index is 2.01. The van der Waals surface area contributed by atoms with E-state index in [1.165, 1.54) is 0 Å². The molecule has 0 fully saturated rings. The summed E-state index contributed by atoms with van der Waals surface area (Å²) >= 11 is 3.30. The van der Waals surface area contributed by atoms with E-state index in [9.17, 15) is 20.0 Å². The third-order valence-electron chi connectivity index (χ3n) is 2.82. The maximum Gasteiger partial charge on any atom is 0.270 e.